The van der Waals surface area contributed by atoms with Crippen LogP contribution in [0.2, 0.25) is 0 Å². The van der Waals surface area contributed by atoms with Crippen LogP contribution in [-0.4, -0.2) is 28.9 Å². The minimum Gasteiger partial charge on any atom is -0.357 e. The number of aromatic amines is 1. The monoisotopic (exact) mass is 294 g/mol. The van der Waals surface area contributed by atoms with Gasteiger partial charge in [-0.15, -0.1) is 0 Å². The van der Waals surface area contributed by atoms with Gasteiger partial charge >= 0.3 is 0 Å². The number of piperidine rings is 1. The van der Waals surface area contributed by atoms with Crippen LogP contribution in [0.5, 0.6) is 0 Å². The van der Waals surface area contributed by atoms with Crippen molar-refractivity contribution in [2.75, 3.05) is 13.1 Å². The molecule has 1 aliphatic heterocycles. The third kappa shape index (κ3) is 1.99. The number of aromatic nitrogens is 1. The number of rotatable bonds is 1. The lowest BCUT2D eigenvalue weighted by atomic mass is 9.73. The van der Waals surface area contributed by atoms with Crippen molar-refractivity contribution in [3.63, 3.8) is 0 Å². The number of likely N-dealkylation sites (tertiary alicyclic amines) is 1. The smallest absolute Gasteiger partial charge is 0.270 e. The number of hydrogen-bond acceptors (Lipinski definition) is 1. The first-order valence-corrected chi connectivity index (χ1v) is 8.22. The first kappa shape index (κ1) is 13.6. The van der Waals surface area contributed by atoms with E-state index in [1.54, 1.807) is 0 Å². The Morgan fingerprint density at radius 3 is 2.68 bits per heavy atom. The Hall–Kier alpha value is -2.03. The second-order valence-corrected chi connectivity index (χ2v) is 6.85. The summed E-state index contributed by atoms with van der Waals surface area (Å²) in [6.07, 6.45) is 5.21. The summed E-state index contributed by atoms with van der Waals surface area (Å²) in [6, 6.07) is 12.6. The van der Waals surface area contributed by atoms with Gasteiger partial charge in [-0.25, -0.2) is 0 Å². The molecule has 3 heteroatoms. The van der Waals surface area contributed by atoms with Gasteiger partial charge in [-0.1, -0.05) is 31.2 Å². The van der Waals surface area contributed by atoms with Crippen LogP contribution in [0.1, 0.15) is 53.7 Å². The Bertz CT molecular complexity index is 681. The maximum Gasteiger partial charge on any atom is 0.270 e. The van der Waals surface area contributed by atoms with Gasteiger partial charge in [0.05, 0.1) is 0 Å². The van der Waals surface area contributed by atoms with Crippen molar-refractivity contribution < 1.29 is 4.79 Å². The van der Waals surface area contributed by atoms with Crippen LogP contribution in [0.4, 0.5) is 0 Å². The number of fused-ring (bicyclic) bond motifs is 2. The largest absolute Gasteiger partial charge is 0.357 e. The van der Waals surface area contributed by atoms with Gasteiger partial charge in [-0.3, -0.25) is 4.79 Å². The van der Waals surface area contributed by atoms with E-state index in [0.717, 1.165) is 25.9 Å². The van der Waals surface area contributed by atoms with Crippen molar-refractivity contribution in [1.29, 1.82) is 0 Å². The zero-order valence-corrected chi connectivity index (χ0v) is 13.0. The molecule has 1 saturated heterocycles. The summed E-state index contributed by atoms with van der Waals surface area (Å²) in [7, 11) is 0. The molecule has 0 saturated carbocycles. The molecule has 22 heavy (non-hydrogen) atoms. The number of nitrogens with zero attached hydrogens (tertiary/aromatic N) is 1. The first-order valence-electron chi connectivity index (χ1n) is 8.22. The van der Waals surface area contributed by atoms with Crippen LogP contribution in [0.3, 0.4) is 0 Å². The number of carbonyl (C=O) groups excluding carboxylic acids is 1. The van der Waals surface area contributed by atoms with Crippen LogP contribution in [0, 0.1) is 0 Å². The van der Waals surface area contributed by atoms with Gasteiger partial charge in [0.15, 0.2) is 0 Å². The molecule has 2 aromatic rings. The summed E-state index contributed by atoms with van der Waals surface area (Å²) >= 11 is 0. The predicted molar refractivity (Wildman–Crippen MR) is 87.1 cm³/mol. The quantitative estimate of drug-likeness (QED) is 0.855. The first-order chi connectivity index (χ1) is 10.7. The second-order valence-electron chi connectivity index (χ2n) is 6.85. The Morgan fingerprint density at radius 2 is 1.95 bits per heavy atom. The molecule has 3 nitrogen and oxygen atoms in total. The van der Waals surface area contributed by atoms with Gasteiger partial charge in [-0.05, 0) is 53.9 Å². The maximum absolute atomic E-state index is 12.5. The van der Waals surface area contributed by atoms with E-state index < -0.39 is 0 Å². The number of carbonyl (C=O) groups is 1. The van der Waals surface area contributed by atoms with Gasteiger partial charge in [-0.2, -0.15) is 0 Å². The number of H-pyrrole nitrogens is 1. The molecule has 1 amide bonds. The summed E-state index contributed by atoms with van der Waals surface area (Å²) < 4.78 is 0. The highest BCUT2D eigenvalue weighted by Crippen LogP contribution is 2.51. The fourth-order valence-electron chi connectivity index (χ4n) is 4.46. The van der Waals surface area contributed by atoms with E-state index in [0.29, 0.717) is 17.0 Å². The molecule has 2 aliphatic rings. The van der Waals surface area contributed by atoms with Crippen LogP contribution in [-0.2, 0) is 5.41 Å². The molecule has 1 atom stereocenters. The maximum atomic E-state index is 12.5. The molecule has 1 fully saturated rings. The van der Waals surface area contributed by atoms with Gasteiger partial charge in [0.25, 0.3) is 5.91 Å². The standard InChI is InChI=1S/C19H22N2O/c1-14-13-19(16-6-3-2-5-15(14)16)8-11-21(12-9-19)18(22)17-7-4-10-20-17/h2-7,10,14,20H,8-9,11-13H2,1H3. The zero-order chi connectivity index (χ0) is 15.2. The van der Waals surface area contributed by atoms with Crippen LogP contribution >= 0.6 is 0 Å². The van der Waals surface area contributed by atoms with E-state index >= 15 is 0 Å². The molecular weight excluding hydrogens is 272 g/mol. The third-order valence-corrected chi connectivity index (χ3v) is 5.60. The molecule has 1 N–H and O–H groups in total. The Kier molecular flexibility index (Phi) is 3.10. The van der Waals surface area contributed by atoms with Gasteiger partial charge in [0.2, 0.25) is 0 Å². The summed E-state index contributed by atoms with van der Waals surface area (Å²) in [4.78, 5) is 17.5. The average molecular weight is 294 g/mol. The van der Waals surface area contributed by atoms with Crippen molar-refractivity contribution in [2.24, 2.45) is 0 Å². The fraction of sp³-hybridized carbons (Fsp3) is 0.421. The van der Waals surface area contributed by atoms with Crippen LogP contribution in [0.15, 0.2) is 42.6 Å². The molecule has 2 heterocycles. The van der Waals surface area contributed by atoms with Gasteiger partial charge in [0.1, 0.15) is 5.69 Å². The van der Waals surface area contributed by atoms with E-state index in [2.05, 4.69) is 36.2 Å². The Balaban J connectivity index is 1.54. The van der Waals surface area contributed by atoms with Crippen LogP contribution < -0.4 is 0 Å². The van der Waals surface area contributed by atoms with E-state index in [1.165, 1.54) is 17.5 Å². The topological polar surface area (TPSA) is 36.1 Å². The SMILES string of the molecule is CC1CC2(CCN(C(=O)c3ccc[nH]3)CC2)c2ccccc21. The minimum absolute atomic E-state index is 0.138. The minimum atomic E-state index is 0.138. The molecule has 0 bridgehead atoms. The molecule has 0 radical (unpaired) electrons. The van der Waals surface area contributed by atoms with Crippen molar-refractivity contribution in [2.45, 2.75) is 37.5 Å². The fourth-order valence-corrected chi connectivity index (χ4v) is 4.46. The molecule has 1 unspecified atom stereocenters. The lowest BCUT2D eigenvalue weighted by molar-refractivity contribution is 0.0658. The summed E-state index contributed by atoms with van der Waals surface area (Å²) in [6.45, 7) is 4.06. The number of amides is 1. The van der Waals surface area contributed by atoms with Gasteiger partial charge in [0, 0.05) is 19.3 Å². The van der Waals surface area contributed by atoms with Crippen molar-refractivity contribution in [3.8, 4) is 0 Å². The van der Waals surface area contributed by atoms with Crippen molar-refractivity contribution in [1.82, 2.24) is 9.88 Å². The summed E-state index contributed by atoms with van der Waals surface area (Å²) in [5.74, 6) is 0.779. The Labute approximate surface area is 131 Å². The van der Waals surface area contributed by atoms with Gasteiger partial charge < -0.3 is 9.88 Å². The third-order valence-electron chi connectivity index (χ3n) is 5.60. The molecule has 1 aromatic carbocycles. The number of benzene rings is 1. The number of nitrogens with one attached hydrogen (secondary N) is 1. The predicted octanol–water partition coefficient (Wildman–Crippen LogP) is 3.70. The van der Waals surface area contributed by atoms with Crippen molar-refractivity contribution in [3.05, 3.63) is 59.4 Å². The summed E-state index contributed by atoms with van der Waals surface area (Å²) in [5, 5.41) is 0. The molecule has 4 rings (SSSR count). The van der Waals surface area contributed by atoms with Crippen LogP contribution in [0.25, 0.3) is 0 Å². The normalized spacial score (nSPS) is 22.8. The molecule has 114 valence electrons. The highest BCUT2D eigenvalue weighted by molar-refractivity contribution is 5.92. The highest BCUT2D eigenvalue weighted by Gasteiger charge is 2.44. The van der Waals surface area contributed by atoms with E-state index in [1.807, 2.05) is 23.2 Å². The average Bonchev–Trinajstić information content (AvgIpc) is 3.17. The Morgan fingerprint density at radius 1 is 1.18 bits per heavy atom. The lowest BCUT2D eigenvalue weighted by Gasteiger charge is -2.40. The zero-order valence-electron chi connectivity index (χ0n) is 13.0. The molecule has 1 aliphatic carbocycles. The lowest BCUT2D eigenvalue weighted by Crippen LogP contribution is -2.44. The molecule has 1 aromatic heterocycles. The molecule has 1 spiro atoms. The van der Waals surface area contributed by atoms with E-state index in [-0.39, 0.29) is 5.91 Å². The van der Waals surface area contributed by atoms with Crippen molar-refractivity contribution >= 4 is 5.91 Å². The molecular formula is C19H22N2O. The van der Waals surface area contributed by atoms with E-state index in [9.17, 15) is 4.79 Å². The highest BCUT2D eigenvalue weighted by atomic mass is 16.2. The second kappa shape index (κ2) is 5.01. The summed E-state index contributed by atoms with van der Waals surface area (Å²) in [5.41, 5.74) is 4.06. The number of hydrogen-bond donors (Lipinski definition) is 1. The van der Waals surface area contributed by atoms with E-state index in [4.69, 9.17) is 0 Å².